The molecule has 124 valence electrons. The van der Waals surface area contributed by atoms with Crippen molar-refractivity contribution >= 4 is 24.0 Å². The molecule has 1 N–H and O–H groups in total. The zero-order valence-corrected chi connectivity index (χ0v) is 15.0. The van der Waals surface area contributed by atoms with Gasteiger partial charge >= 0.3 is 0 Å². The van der Waals surface area contributed by atoms with Gasteiger partial charge in [0, 0.05) is 10.6 Å². The minimum Gasteiger partial charge on any atom is -0.307 e. The van der Waals surface area contributed by atoms with Crippen LogP contribution < -0.4 is 5.32 Å². The van der Waals surface area contributed by atoms with Gasteiger partial charge in [0.2, 0.25) is 0 Å². The van der Waals surface area contributed by atoms with E-state index < -0.39 is 0 Å². The molecule has 1 saturated carbocycles. The summed E-state index contributed by atoms with van der Waals surface area (Å²) in [5.41, 5.74) is 2.86. The molecule has 0 bridgehead atoms. The Morgan fingerprint density at radius 1 is 0.913 bits per heavy atom. The minimum absolute atomic E-state index is 0. The maximum absolute atomic E-state index is 6.23. The molecule has 0 heterocycles. The third kappa shape index (κ3) is 4.73. The molecule has 1 aliphatic carbocycles. The second-order valence-electron chi connectivity index (χ2n) is 6.32. The van der Waals surface area contributed by atoms with Gasteiger partial charge in [0.25, 0.3) is 0 Å². The van der Waals surface area contributed by atoms with Crippen LogP contribution >= 0.6 is 24.0 Å². The zero-order chi connectivity index (χ0) is 15.3. The third-order valence-corrected chi connectivity index (χ3v) is 5.04. The van der Waals surface area contributed by atoms with Gasteiger partial charge in [0.05, 0.1) is 0 Å². The highest BCUT2D eigenvalue weighted by atomic mass is 35.5. The van der Waals surface area contributed by atoms with Crippen molar-refractivity contribution in [3.05, 3.63) is 70.7 Å². The number of nitrogens with one attached hydrogen (secondary N) is 1. The van der Waals surface area contributed by atoms with Gasteiger partial charge in [0.1, 0.15) is 0 Å². The van der Waals surface area contributed by atoms with Crippen LogP contribution in [0.5, 0.6) is 0 Å². The first-order valence-electron chi connectivity index (χ1n) is 8.34. The second kappa shape index (κ2) is 8.73. The summed E-state index contributed by atoms with van der Waals surface area (Å²) in [5, 5.41) is 4.71. The standard InChI is InChI=1S/C20H24ClN.ClH/c21-19-11-7-10-18(16-19)20(13-5-2-6-14-20)22-15-12-17-8-3-1-4-9-17;/h1,3-4,7-11,16,22H,2,5-6,12-15H2;1H. The van der Waals surface area contributed by atoms with Crippen molar-refractivity contribution in [2.75, 3.05) is 6.54 Å². The molecule has 0 saturated heterocycles. The molecule has 0 unspecified atom stereocenters. The predicted octanol–water partition coefficient (Wildman–Crippen LogP) is 5.75. The fourth-order valence-electron chi connectivity index (χ4n) is 3.60. The van der Waals surface area contributed by atoms with Crippen LogP contribution in [0.3, 0.4) is 0 Å². The molecule has 0 spiro atoms. The molecule has 0 amide bonds. The Labute approximate surface area is 150 Å². The maximum atomic E-state index is 6.23. The smallest absolute Gasteiger partial charge is 0.0435 e. The monoisotopic (exact) mass is 349 g/mol. The van der Waals surface area contributed by atoms with E-state index >= 15 is 0 Å². The van der Waals surface area contributed by atoms with Crippen molar-refractivity contribution in [2.24, 2.45) is 0 Å². The minimum atomic E-state index is 0. The lowest BCUT2D eigenvalue weighted by atomic mass is 9.76. The molecular weight excluding hydrogens is 325 g/mol. The third-order valence-electron chi connectivity index (χ3n) is 4.80. The normalized spacial score (nSPS) is 16.6. The largest absolute Gasteiger partial charge is 0.307 e. The van der Waals surface area contributed by atoms with Crippen molar-refractivity contribution < 1.29 is 0 Å². The molecule has 3 heteroatoms. The quantitative estimate of drug-likeness (QED) is 0.724. The fourth-order valence-corrected chi connectivity index (χ4v) is 3.79. The van der Waals surface area contributed by atoms with Gasteiger partial charge in [-0.1, -0.05) is 73.3 Å². The van der Waals surface area contributed by atoms with E-state index in [9.17, 15) is 0 Å². The Morgan fingerprint density at radius 3 is 2.35 bits per heavy atom. The summed E-state index contributed by atoms with van der Waals surface area (Å²) in [4.78, 5) is 0. The van der Waals surface area contributed by atoms with E-state index in [1.54, 1.807) is 0 Å². The molecule has 0 atom stereocenters. The van der Waals surface area contributed by atoms with Crippen LogP contribution in [0.4, 0.5) is 0 Å². The molecule has 1 fully saturated rings. The summed E-state index contributed by atoms with van der Waals surface area (Å²) in [6.45, 7) is 1.01. The van der Waals surface area contributed by atoms with Crippen LogP contribution in [0.2, 0.25) is 5.02 Å². The van der Waals surface area contributed by atoms with Crippen LogP contribution in [0.1, 0.15) is 43.2 Å². The lowest BCUT2D eigenvalue weighted by Gasteiger charge is -2.39. The Bertz CT molecular complexity index is 592. The molecule has 0 radical (unpaired) electrons. The molecule has 1 nitrogen and oxygen atoms in total. The average molecular weight is 350 g/mol. The zero-order valence-electron chi connectivity index (χ0n) is 13.4. The van der Waals surface area contributed by atoms with Gasteiger partial charge in [-0.25, -0.2) is 0 Å². The van der Waals surface area contributed by atoms with Crippen LogP contribution in [0, 0.1) is 0 Å². The van der Waals surface area contributed by atoms with E-state index in [0.717, 1.165) is 18.0 Å². The summed E-state index contributed by atoms with van der Waals surface area (Å²) in [6, 6.07) is 19.1. The van der Waals surface area contributed by atoms with Crippen molar-refractivity contribution in [2.45, 2.75) is 44.1 Å². The summed E-state index contributed by atoms with van der Waals surface area (Å²) in [5.74, 6) is 0. The molecule has 23 heavy (non-hydrogen) atoms. The Morgan fingerprint density at radius 2 is 1.65 bits per heavy atom. The summed E-state index contributed by atoms with van der Waals surface area (Å²) in [6.07, 6.45) is 7.44. The predicted molar refractivity (Wildman–Crippen MR) is 102 cm³/mol. The highest BCUT2D eigenvalue weighted by Gasteiger charge is 2.33. The van der Waals surface area contributed by atoms with Crippen molar-refractivity contribution in [1.29, 1.82) is 0 Å². The molecule has 2 aromatic carbocycles. The van der Waals surface area contributed by atoms with E-state index in [2.05, 4.69) is 53.8 Å². The molecule has 0 aliphatic heterocycles. The summed E-state index contributed by atoms with van der Waals surface area (Å²) in [7, 11) is 0. The van der Waals surface area contributed by atoms with E-state index in [1.165, 1.54) is 43.2 Å². The number of rotatable bonds is 5. The Balaban J connectivity index is 0.00000192. The Kier molecular flexibility index (Phi) is 6.95. The Hall–Kier alpha value is -1.02. The molecule has 2 aromatic rings. The van der Waals surface area contributed by atoms with Gasteiger partial charge in [-0.2, -0.15) is 0 Å². The molecule has 3 rings (SSSR count). The molecule has 1 aliphatic rings. The van der Waals surface area contributed by atoms with Gasteiger partial charge in [0.15, 0.2) is 0 Å². The van der Waals surface area contributed by atoms with Gasteiger partial charge in [-0.15, -0.1) is 12.4 Å². The maximum Gasteiger partial charge on any atom is 0.0435 e. The van der Waals surface area contributed by atoms with E-state index in [1.807, 2.05) is 6.07 Å². The summed E-state index contributed by atoms with van der Waals surface area (Å²) < 4.78 is 0. The molecular formula is C20H25Cl2N. The lowest BCUT2D eigenvalue weighted by Crippen LogP contribution is -2.44. The van der Waals surface area contributed by atoms with E-state index in [4.69, 9.17) is 11.6 Å². The molecule has 0 aromatic heterocycles. The van der Waals surface area contributed by atoms with Crippen molar-refractivity contribution in [3.63, 3.8) is 0 Å². The topological polar surface area (TPSA) is 12.0 Å². The number of hydrogen-bond donors (Lipinski definition) is 1. The van der Waals surface area contributed by atoms with Crippen molar-refractivity contribution in [3.8, 4) is 0 Å². The van der Waals surface area contributed by atoms with Crippen LogP contribution in [0.25, 0.3) is 0 Å². The van der Waals surface area contributed by atoms with Crippen molar-refractivity contribution in [1.82, 2.24) is 5.32 Å². The fraction of sp³-hybridized carbons (Fsp3) is 0.400. The van der Waals surface area contributed by atoms with Crippen LogP contribution in [-0.2, 0) is 12.0 Å². The number of halogens is 2. The van der Waals surface area contributed by atoms with E-state index in [0.29, 0.717) is 0 Å². The van der Waals surface area contributed by atoms with Gasteiger partial charge in [-0.05, 0) is 49.1 Å². The highest BCUT2D eigenvalue weighted by Crippen LogP contribution is 2.37. The number of hydrogen-bond acceptors (Lipinski definition) is 1. The lowest BCUT2D eigenvalue weighted by molar-refractivity contribution is 0.235. The number of benzene rings is 2. The van der Waals surface area contributed by atoms with Crippen LogP contribution in [-0.4, -0.2) is 6.54 Å². The summed E-state index contributed by atoms with van der Waals surface area (Å²) >= 11 is 6.23. The average Bonchev–Trinajstić information content (AvgIpc) is 2.57. The van der Waals surface area contributed by atoms with Gasteiger partial charge < -0.3 is 5.32 Å². The first-order valence-corrected chi connectivity index (χ1v) is 8.71. The van der Waals surface area contributed by atoms with E-state index in [-0.39, 0.29) is 17.9 Å². The van der Waals surface area contributed by atoms with Gasteiger partial charge in [-0.3, -0.25) is 0 Å². The first-order chi connectivity index (χ1) is 10.8. The highest BCUT2D eigenvalue weighted by molar-refractivity contribution is 6.30. The SMILES string of the molecule is Cl.Clc1cccc(C2(NCCc3ccccc3)CCCCC2)c1. The second-order valence-corrected chi connectivity index (χ2v) is 6.75. The first kappa shape index (κ1) is 18.3. The van der Waals surface area contributed by atoms with Crippen LogP contribution in [0.15, 0.2) is 54.6 Å².